The Labute approximate surface area is 125 Å². The van der Waals surface area contributed by atoms with Gasteiger partial charge in [-0.25, -0.2) is 0 Å². The van der Waals surface area contributed by atoms with Crippen molar-refractivity contribution in [1.82, 2.24) is 10.6 Å². The maximum atomic E-state index is 11.7. The van der Waals surface area contributed by atoms with Gasteiger partial charge in [0.2, 0.25) is 5.91 Å². The van der Waals surface area contributed by atoms with Gasteiger partial charge in [0.15, 0.2) is 0 Å². The number of benzene rings is 1. The fraction of sp³-hybridized carbons (Fsp3) is 0.308. The molecule has 0 aromatic heterocycles. The summed E-state index contributed by atoms with van der Waals surface area (Å²) in [6, 6.07) is 6.84. The molecule has 0 atom stereocenters. The fourth-order valence-corrected chi connectivity index (χ4v) is 1.76. The van der Waals surface area contributed by atoms with Gasteiger partial charge >= 0.3 is 5.97 Å². The Morgan fingerprint density at radius 3 is 2.65 bits per heavy atom. The van der Waals surface area contributed by atoms with Gasteiger partial charge in [-0.15, -0.1) is 0 Å². The van der Waals surface area contributed by atoms with E-state index in [9.17, 15) is 14.4 Å². The smallest absolute Gasteiger partial charge is 0.307 e. The average Bonchev–Trinajstić information content (AvgIpc) is 2.44. The molecule has 0 bridgehead atoms. The van der Waals surface area contributed by atoms with Crippen molar-refractivity contribution in [2.75, 3.05) is 20.2 Å². The van der Waals surface area contributed by atoms with Gasteiger partial charge in [-0.1, -0.05) is 22.0 Å². The SMILES string of the molecule is COC(=O)CCNC(=O)CNC(=O)c1cccc(Br)c1. The van der Waals surface area contributed by atoms with Crippen LogP contribution in [0, 0.1) is 0 Å². The van der Waals surface area contributed by atoms with Crippen LogP contribution in [0.3, 0.4) is 0 Å². The lowest BCUT2D eigenvalue weighted by atomic mass is 10.2. The number of halogens is 1. The van der Waals surface area contributed by atoms with E-state index >= 15 is 0 Å². The third kappa shape index (κ3) is 5.83. The molecule has 2 amide bonds. The molecule has 0 aliphatic carbocycles. The first-order chi connectivity index (χ1) is 9.52. The maximum Gasteiger partial charge on any atom is 0.307 e. The number of hydrogen-bond acceptors (Lipinski definition) is 4. The highest BCUT2D eigenvalue weighted by Gasteiger charge is 2.08. The van der Waals surface area contributed by atoms with Crippen LogP contribution in [-0.2, 0) is 14.3 Å². The van der Waals surface area contributed by atoms with Crippen molar-refractivity contribution in [1.29, 1.82) is 0 Å². The van der Waals surface area contributed by atoms with E-state index in [2.05, 4.69) is 31.3 Å². The van der Waals surface area contributed by atoms with Gasteiger partial charge in [0.25, 0.3) is 5.91 Å². The highest BCUT2D eigenvalue weighted by Crippen LogP contribution is 2.11. The van der Waals surface area contributed by atoms with Crippen LogP contribution >= 0.6 is 15.9 Å². The number of rotatable bonds is 6. The number of methoxy groups -OCH3 is 1. The molecule has 108 valence electrons. The first kappa shape index (κ1) is 16.2. The molecule has 1 aromatic carbocycles. The lowest BCUT2D eigenvalue weighted by Gasteiger charge is -2.06. The molecule has 0 saturated heterocycles. The quantitative estimate of drug-likeness (QED) is 0.751. The Hall–Kier alpha value is -1.89. The van der Waals surface area contributed by atoms with Gasteiger partial charge in [-0.2, -0.15) is 0 Å². The lowest BCUT2D eigenvalue weighted by molar-refractivity contribution is -0.140. The molecule has 0 radical (unpaired) electrons. The van der Waals surface area contributed by atoms with Gasteiger partial charge in [0.05, 0.1) is 20.1 Å². The second kappa shape index (κ2) is 8.31. The Balaban J connectivity index is 2.30. The van der Waals surface area contributed by atoms with E-state index in [1.807, 2.05) is 0 Å². The van der Waals surface area contributed by atoms with Crippen LogP contribution in [0.15, 0.2) is 28.7 Å². The molecule has 0 aliphatic heterocycles. The molecule has 0 unspecified atom stereocenters. The molecule has 0 aliphatic rings. The highest BCUT2D eigenvalue weighted by atomic mass is 79.9. The number of hydrogen-bond donors (Lipinski definition) is 2. The normalized spacial score (nSPS) is 9.70. The summed E-state index contributed by atoms with van der Waals surface area (Å²) in [5, 5.41) is 4.99. The number of carbonyl (C=O) groups excluding carboxylic acids is 3. The number of carbonyl (C=O) groups is 3. The van der Waals surface area contributed by atoms with Gasteiger partial charge in [-0.05, 0) is 18.2 Å². The minimum atomic E-state index is -0.400. The van der Waals surface area contributed by atoms with Crippen molar-refractivity contribution >= 4 is 33.7 Å². The lowest BCUT2D eigenvalue weighted by Crippen LogP contribution is -2.37. The van der Waals surface area contributed by atoms with Crippen molar-refractivity contribution in [3.8, 4) is 0 Å². The van der Waals surface area contributed by atoms with E-state index in [1.54, 1.807) is 24.3 Å². The molecule has 0 fully saturated rings. The molecule has 1 rings (SSSR count). The largest absolute Gasteiger partial charge is 0.469 e. The molecule has 1 aromatic rings. The number of ether oxygens (including phenoxy) is 1. The van der Waals surface area contributed by atoms with E-state index < -0.39 is 5.97 Å². The Morgan fingerprint density at radius 1 is 1.25 bits per heavy atom. The molecule has 20 heavy (non-hydrogen) atoms. The van der Waals surface area contributed by atoms with Gasteiger partial charge in [-0.3, -0.25) is 14.4 Å². The Bertz CT molecular complexity index is 505. The number of amides is 2. The van der Waals surface area contributed by atoms with Crippen LogP contribution in [0.25, 0.3) is 0 Å². The summed E-state index contributed by atoms with van der Waals surface area (Å²) in [6.45, 7) is 0.0325. The summed E-state index contributed by atoms with van der Waals surface area (Å²) >= 11 is 3.26. The van der Waals surface area contributed by atoms with Crippen LogP contribution in [0.2, 0.25) is 0 Å². The van der Waals surface area contributed by atoms with Crippen LogP contribution in [0.1, 0.15) is 16.8 Å². The molecule has 0 spiro atoms. The summed E-state index contributed by atoms with van der Waals surface area (Å²) in [6.07, 6.45) is 0.0990. The standard InChI is InChI=1S/C13H15BrN2O4/c1-20-12(18)5-6-15-11(17)8-16-13(19)9-3-2-4-10(14)7-9/h2-4,7H,5-6,8H2,1H3,(H,15,17)(H,16,19). The molecule has 7 heteroatoms. The first-order valence-corrected chi connectivity index (χ1v) is 6.69. The monoisotopic (exact) mass is 342 g/mol. The van der Waals surface area contributed by atoms with Gasteiger partial charge < -0.3 is 15.4 Å². The van der Waals surface area contributed by atoms with Crippen molar-refractivity contribution in [3.63, 3.8) is 0 Å². The molecule has 0 heterocycles. The molecule has 2 N–H and O–H groups in total. The number of esters is 1. The summed E-state index contributed by atoms with van der Waals surface area (Å²) in [7, 11) is 1.28. The Morgan fingerprint density at radius 2 is 2.00 bits per heavy atom. The average molecular weight is 343 g/mol. The van der Waals surface area contributed by atoms with Gasteiger partial charge in [0.1, 0.15) is 0 Å². The maximum absolute atomic E-state index is 11.7. The zero-order chi connectivity index (χ0) is 15.0. The molecule has 6 nitrogen and oxygen atoms in total. The second-order valence-corrected chi connectivity index (χ2v) is 4.78. The van der Waals surface area contributed by atoms with Crippen LogP contribution in [0.4, 0.5) is 0 Å². The predicted molar refractivity (Wildman–Crippen MR) is 76.1 cm³/mol. The van der Waals surface area contributed by atoms with E-state index in [1.165, 1.54) is 7.11 Å². The van der Waals surface area contributed by atoms with Crippen molar-refractivity contribution in [2.45, 2.75) is 6.42 Å². The summed E-state index contributed by atoms with van der Waals surface area (Å²) in [4.78, 5) is 34.0. The molecular weight excluding hydrogens is 328 g/mol. The zero-order valence-corrected chi connectivity index (χ0v) is 12.5. The second-order valence-electron chi connectivity index (χ2n) is 3.87. The predicted octanol–water partition coefficient (Wildman–Crippen LogP) is 0.858. The molecule has 0 saturated carbocycles. The summed E-state index contributed by atoms with van der Waals surface area (Å²) in [5.74, 6) is -1.10. The topological polar surface area (TPSA) is 84.5 Å². The van der Waals surface area contributed by atoms with Crippen LogP contribution < -0.4 is 10.6 Å². The minimum absolute atomic E-state index is 0.0990. The Kier molecular flexibility index (Phi) is 6.72. The third-order valence-electron chi connectivity index (χ3n) is 2.38. The van der Waals surface area contributed by atoms with Gasteiger partial charge in [0, 0.05) is 16.6 Å². The van der Waals surface area contributed by atoms with E-state index in [4.69, 9.17) is 0 Å². The van der Waals surface area contributed by atoms with Crippen molar-refractivity contribution in [2.24, 2.45) is 0 Å². The van der Waals surface area contributed by atoms with E-state index in [0.29, 0.717) is 5.56 Å². The van der Waals surface area contributed by atoms with Crippen molar-refractivity contribution < 1.29 is 19.1 Å². The van der Waals surface area contributed by atoms with E-state index in [0.717, 1.165) is 4.47 Å². The zero-order valence-electron chi connectivity index (χ0n) is 10.9. The molecular formula is C13H15BrN2O4. The summed E-state index contributed by atoms with van der Waals surface area (Å²) in [5.41, 5.74) is 0.460. The minimum Gasteiger partial charge on any atom is -0.469 e. The van der Waals surface area contributed by atoms with Crippen LogP contribution in [-0.4, -0.2) is 38.0 Å². The highest BCUT2D eigenvalue weighted by molar-refractivity contribution is 9.10. The van der Waals surface area contributed by atoms with Crippen molar-refractivity contribution in [3.05, 3.63) is 34.3 Å². The third-order valence-corrected chi connectivity index (χ3v) is 2.87. The fourth-order valence-electron chi connectivity index (χ4n) is 1.36. The van der Waals surface area contributed by atoms with E-state index in [-0.39, 0.29) is 31.3 Å². The summed E-state index contributed by atoms with van der Waals surface area (Å²) < 4.78 is 5.22. The van der Waals surface area contributed by atoms with Crippen LogP contribution in [0.5, 0.6) is 0 Å². The number of nitrogens with one attached hydrogen (secondary N) is 2. The first-order valence-electron chi connectivity index (χ1n) is 5.90.